The zero-order valence-electron chi connectivity index (χ0n) is 24.2. The van der Waals surface area contributed by atoms with Crippen molar-refractivity contribution in [2.75, 3.05) is 38.0 Å². The van der Waals surface area contributed by atoms with E-state index >= 15 is 0 Å². The van der Waals surface area contributed by atoms with Crippen LogP contribution in [-0.4, -0.2) is 77.0 Å². The number of likely N-dealkylation sites (tertiary alicyclic amines) is 1. The average Bonchev–Trinajstić information content (AvgIpc) is 3.53. The Balaban J connectivity index is 1.31. The summed E-state index contributed by atoms with van der Waals surface area (Å²) in [5.74, 6) is -0.0526. The lowest BCUT2D eigenvalue weighted by Gasteiger charge is -2.41. The van der Waals surface area contributed by atoms with Crippen molar-refractivity contribution in [1.82, 2.24) is 14.7 Å². The van der Waals surface area contributed by atoms with Gasteiger partial charge in [0.15, 0.2) is 0 Å². The summed E-state index contributed by atoms with van der Waals surface area (Å²) >= 11 is 0. The fraction of sp³-hybridized carbons (Fsp3) is 0.700. The van der Waals surface area contributed by atoms with Gasteiger partial charge in [0.05, 0.1) is 0 Å². The van der Waals surface area contributed by atoms with Gasteiger partial charge in [0.1, 0.15) is 11.4 Å². The molecule has 0 spiro atoms. The van der Waals surface area contributed by atoms with Gasteiger partial charge in [-0.1, -0.05) is 12.8 Å². The lowest BCUT2D eigenvalue weighted by Crippen LogP contribution is -2.54. The Kier molecular flexibility index (Phi) is 9.19. The number of carbonyl (C=O) groups excluding carboxylic acids is 3. The molecule has 2 saturated heterocycles. The highest BCUT2D eigenvalue weighted by Crippen LogP contribution is 2.29. The lowest BCUT2D eigenvalue weighted by molar-refractivity contribution is -0.140. The number of nitrogens with one attached hydrogen (secondary N) is 1. The van der Waals surface area contributed by atoms with E-state index in [-0.39, 0.29) is 42.1 Å². The number of rotatable bonds is 6. The van der Waals surface area contributed by atoms with Gasteiger partial charge >= 0.3 is 6.09 Å². The summed E-state index contributed by atoms with van der Waals surface area (Å²) in [7, 11) is 0. The van der Waals surface area contributed by atoms with Crippen molar-refractivity contribution < 1.29 is 23.5 Å². The Labute approximate surface area is 232 Å². The molecule has 1 unspecified atom stereocenters. The van der Waals surface area contributed by atoms with Crippen LogP contribution >= 0.6 is 0 Å². The minimum absolute atomic E-state index is 0.0376. The van der Waals surface area contributed by atoms with Crippen LogP contribution in [0, 0.1) is 24.6 Å². The summed E-state index contributed by atoms with van der Waals surface area (Å²) < 4.78 is 20.1. The average molecular weight is 545 g/mol. The van der Waals surface area contributed by atoms with Crippen LogP contribution in [0.25, 0.3) is 0 Å². The van der Waals surface area contributed by atoms with Crippen molar-refractivity contribution in [1.29, 1.82) is 0 Å². The smallest absolute Gasteiger partial charge is 0.410 e. The van der Waals surface area contributed by atoms with Crippen molar-refractivity contribution in [3.05, 3.63) is 29.1 Å². The maximum atomic E-state index is 14.6. The Morgan fingerprint density at radius 1 is 1.05 bits per heavy atom. The Morgan fingerprint density at radius 3 is 2.44 bits per heavy atom. The van der Waals surface area contributed by atoms with Gasteiger partial charge in [0, 0.05) is 63.3 Å². The fourth-order valence-corrected chi connectivity index (χ4v) is 6.14. The molecule has 0 aromatic heterocycles. The van der Waals surface area contributed by atoms with E-state index < -0.39 is 5.60 Å². The van der Waals surface area contributed by atoms with E-state index in [9.17, 15) is 18.8 Å². The van der Waals surface area contributed by atoms with E-state index in [2.05, 4.69) is 17.1 Å². The van der Waals surface area contributed by atoms with Gasteiger partial charge in [0.25, 0.3) is 0 Å². The number of halogens is 1. The molecule has 4 rings (SSSR count). The molecule has 216 valence electrons. The zero-order valence-corrected chi connectivity index (χ0v) is 24.2. The first-order valence-electron chi connectivity index (χ1n) is 14.5. The SMILES string of the molecule is Cc1c(CN2CCN(C(=O)C3CCCC3)[C@@H](C)C2)cc(F)cc1NC(=O)CC1CCN(C(=O)OC(C)(C)C)C1. The highest BCUT2D eigenvalue weighted by Gasteiger charge is 2.34. The second kappa shape index (κ2) is 12.2. The maximum Gasteiger partial charge on any atom is 0.410 e. The van der Waals surface area contributed by atoms with Crippen molar-refractivity contribution in [2.45, 2.75) is 91.3 Å². The third kappa shape index (κ3) is 7.71. The van der Waals surface area contributed by atoms with Crippen LogP contribution < -0.4 is 5.32 Å². The first kappa shape index (κ1) is 29.3. The van der Waals surface area contributed by atoms with Crippen LogP contribution in [0.5, 0.6) is 0 Å². The summed E-state index contributed by atoms with van der Waals surface area (Å²) in [4.78, 5) is 44.1. The van der Waals surface area contributed by atoms with Gasteiger partial charge in [0.2, 0.25) is 11.8 Å². The topological polar surface area (TPSA) is 82.2 Å². The quantitative estimate of drug-likeness (QED) is 0.549. The summed E-state index contributed by atoms with van der Waals surface area (Å²) in [5.41, 5.74) is 1.62. The van der Waals surface area contributed by atoms with E-state index in [0.717, 1.165) is 56.3 Å². The van der Waals surface area contributed by atoms with Gasteiger partial charge in [-0.2, -0.15) is 0 Å². The number of amides is 3. The van der Waals surface area contributed by atoms with E-state index in [1.165, 1.54) is 6.07 Å². The first-order chi connectivity index (χ1) is 18.4. The Bertz CT molecular complexity index is 1070. The highest BCUT2D eigenvalue weighted by atomic mass is 19.1. The predicted molar refractivity (Wildman–Crippen MR) is 149 cm³/mol. The minimum atomic E-state index is -0.558. The summed E-state index contributed by atoms with van der Waals surface area (Å²) in [6, 6.07) is 3.03. The predicted octanol–water partition coefficient (Wildman–Crippen LogP) is 4.94. The van der Waals surface area contributed by atoms with Gasteiger partial charge in [-0.3, -0.25) is 14.5 Å². The number of ether oxygens (including phenoxy) is 1. The molecule has 2 aliphatic heterocycles. The van der Waals surface area contributed by atoms with Crippen LogP contribution in [0.1, 0.15) is 77.3 Å². The summed E-state index contributed by atoms with van der Waals surface area (Å²) in [6.45, 7) is 13.3. The fourth-order valence-electron chi connectivity index (χ4n) is 6.14. The molecule has 0 radical (unpaired) electrons. The summed E-state index contributed by atoms with van der Waals surface area (Å²) in [6.07, 6.45) is 4.94. The third-order valence-electron chi connectivity index (χ3n) is 8.26. The number of nitrogens with zero attached hydrogens (tertiary/aromatic N) is 3. The van der Waals surface area contributed by atoms with Crippen LogP contribution in [0.3, 0.4) is 0 Å². The number of piperazine rings is 1. The van der Waals surface area contributed by atoms with Crippen LogP contribution in [-0.2, 0) is 20.9 Å². The van der Waals surface area contributed by atoms with Gasteiger partial charge in [-0.05, 0) is 83.1 Å². The zero-order chi connectivity index (χ0) is 28.3. The highest BCUT2D eigenvalue weighted by molar-refractivity contribution is 5.92. The van der Waals surface area contributed by atoms with E-state index in [1.54, 1.807) is 11.0 Å². The molecule has 3 fully saturated rings. The standard InChI is InChI=1S/C30H45FN4O4/c1-20-17-33(12-13-35(20)28(37)23-8-6-7-9-23)19-24-15-25(31)16-26(21(24)2)32-27(36)14-22-10-11-34(18-22)29(38)39-30(3,4)5/h15-16,20,22-23H,6-14,17-19H2,1-5H3,(H,32,36)/t20-,22?/m0/s1. The van der Waals surface area contributed by atoms with Gasteiger partial charge in [-0.25, -0.2) is 9.18 Å². The minimum Gasteiger partial charge on any atom is -0.444 e. The Hall–Kier alpha value is -2.68. The molecule has 0 bridgehead atoms. The van der Waals surface area contributed by atoms with Crippen molar-refractivity contribution in [3.63, 3.8) is 0 Å². The molecule has 1 aromatic rings. The van der Waals surface area contributed by atoms with Crippen molar-refractivity contribution in [2.24, 2.45) is 11.8 Å². The molecule has 39 heavy (non-hydrogen) atoms. The number of carbonyl (C=O) groups is 3. The second-order valence-corrected chi connectivity index (χ2v) is 12.7. The molecule has 1 saturated carbocycles. The molecule has 1 N–H and O–H groups in total. The molecule has 1 aromatic carbocycles. The molecule has 8 nitrogen and oxygen atoms in total. The largest absolute Gasteiger partial charge is 0.444 e. The number of hydrogen-bond donors (Lipinski definition) is 1. The molecular formula is C30H45FN4O4. The molecule has 3 amide bonds. The molecule has 9 heteroatoms. The first-order valence-corrected chi connectivity index (χ1v) is 14.5. The monoisotopic (exact) mass is 544 g/mol. The molecule has 2 atom stereocenters. The van der Waals surface area contributed by atoms with E-state index in [1.807, 2.05) is 32.6 Å². The molecular weight excluding hydrogens is 499 g/mol. The van der Waals surface area contributed by atoms with Crippen LogP contribution in [0.2, 0.25) is 0 Å². The number of benzene rings is 1. The van der Waals surface area contributed by atoms with Crippen LogP contribution in [0.15, 0.2) is 12.1 Å². The molecule has 3 aliphatic rings. The van der Waals surface area contributed by atoms with Gasteiger partial charge < -0.3 is 19.9 Å². The Morgan fingerprint density at radius 2 is 1.77 bits per heavy atom. The maximum absolute atomic E-state index is 14.6. The van der Waals surface area contributed by atoms with Crippen LogP contribution in [0.4, 0.5) is 14.9 Å². The van der Waals surface area contributed by atoms with Crippen molar-refractivity contribution >= 4 is 23.6 Å². The summed E-state index contributed by atoms with van der Waals surface area (Å²) in [5, 5.41) is 2.91. The molecule has 1 aliphatic carbocycles. The third-order valence-corrected chi connectivity index (χ3v) is 8.26. The number of anilines is 1. The second-order valence-electron chi connectivity index (χ2n) is 12.7. The molecule has 2 heterocycles. The van der Waals surface area contributed by atoms with Crippen molar-refractivity contribution in [3.8, 4) is 0 Å². The normalized spacial score (nSPS) is 22.8. The lowest BCUT2D eigenvalue weighted by atomic mass is 10.0. The van der Waals surface area contributed by atoms with Gasteiger partial charge in [-0.15, -0.1) is 0 Å². The van der Waals surface area contributed by atoms with E-state index in [4.69, 9.17) is 4.74 Å². The van der Waals surface area contributed by atoms with E-state index in [0.29, 0.717) is 37.8 Å². The number of hydrogen-bond acceptors (Lipinski definition) is 5.